The maximum absolute atomic E-state index is 12.0. The average Bonchev–Trinajstić information content (AvgIpc) is 2.27. The highest BCUT2D eigenvalue weighted by atomic mass is 16.4. The van der Waals surface area contributed by atoms with Gasteiger partial charge in [-0.3, -0.25) is 9.59 Å². The molecule has 0 aromatic heterocycles. The molecule has 0 spiro atoms. The summed E-state index contributed by atoms with van der Waals surface area (Å²) in [7, 11) is 3.21. The summed E-state index contributed by atoms with van der Waals surface area (Å²) >= 11 is 0. The molecular weight excluding hydrogens is 250 g/mol. The molecule has 2 unspecified atom stereocenters. The summed E-state index contributed by atoms with van der Waals surface area (Å²) < 4.78 is 0. The zero-order chi connectivity index (χ0) is 15.2. The van der Waals surface area contributed by atoms with Gasteiger partial charge in [0.25, 0.3) is 0 Å². The topological polar surface area (TPSA) is 90.0 Å². The number of carbonyl (C=O) groups is 3. The van der Waals surface area contributed by atoms with Gasteiger partial charge in [-0.1, -0.05) is 0 Å². The number of likely N-dealkylation sites (N-methyl/N-ethyl adjacent to an activating group) is 1. The number of amides is 3. The predicted octanol–water partition coefficient (Wildman–Crippen LogP) is 0.358. The van der Waals surface area contributed by atoms with Gasteiger partial charge in [-0.15, -0.1) is 0 Å². The molecule has 7 nitrogen and oxygen atoms in total. The van der Waals surface area contributed by atoms with Gasteiger partial charge in [0.15, 0.2) is 0 Å². The molecule has 0 fully saturated rings. The second kappa shape index (κ2) is 7.60. The molecule has 2 atom stereocenters. The van der Waals surface area contributed by atoms with Crippen molar-refractivity contribution < 1.29 is 19.5 Å². The highest BCUT2D eigenvalue weighted by Gasteiger charge is 2.24. The van der Waals surface area contributed by atoms with Crippen molar-refractivity contribution in [2.24, 2.45) is 0 Å². The first kappa shape index (κ1) is 17.2. The standard InChI is InChI=1S/C12H23N3O4/c1-6-15(8(2)7-10(16)17)12(19)13-9(3)11(18)14(4)5/h8-9H,6-7H2,1-5H3,(H,13,19)(H,16,17). The van der Waals surface area contributed by atoms with Crippen LogP contribution in [0, 0.1) is 0 Å². The van der Waals surface area contributed by atoms with Crippen molar-refractivity contribution in [3.8, 4) is 0 Å². The molecule has 0 heterocycles. The monoisotopic (exact) mass is 273 g/mol. The Kier molecular flexibility index (Phi) is 6.89. The fraction of sp³-hybridized carbons (Fsp3) is 0.750. The lowest BCUT2D eigenvalue weighted by Gasteiger charge is -2.29. The number of hydrogen-bond acceptors (Lipinski definition) is 3. The van der Waals surface area contributed by atoms with Crippen LogP contribution in [0.5, 0.6) is 0 Å². The minimum atomic E-state index is -0.962. The number of carbonyl (C=O) groups excluding carboxylic acids is 2. The van der Waals surface area contributed by atoms with Gasteiger partial charge in [0.05, 0.1) is 6.42 Å². The third-order valence-electron chi connectivity index (χ3n) is 2.75. The molecule has 0 saturated heterocycles. The fourth-order valence-corrected chi connectivity index (χ4v) is 1.74. The van der Waals surface area contributed by atoms with E-state index in [2.05, 4.69) is 5.32 Å². The van der Waals surface area contributed by atoms with E-state index in [0.717, 1.165) is 0 Å². The maximum Gasteiger partial charge on any atom is 0.318 e. The Bertz CT molecular complexity index is 344. The molecule has 0 aromatic carbocycles. The Labute approximate surface area is 113 Å². The highest BCUT2D eigenvalue weighted by molar-refractivity contribution is 5.86. The largest absolute Gasteiger partial charge is 0.481 e. The van der Waals surface area contributed by atoms with Gasteiger partial charge >= 0.3 is 12.0 Å². The smallest absolute Gasteiger partial charge is 0.318 e. The maximum atomic E-state index is 12.0. The van der Waals surface area contributed by atoms with Gasteiger partial charge in [-0.05, 0) is 20.8 Å². The van der Waals surface area contributed by atoms with E-state index in [9.17, 15) is 14.4 Å². The SMILES string of the molecule is CCN(C(=O)NC(C)C(=O)N(C)C)C(C)CC(=O)O. The lowest BCUT2D eigenvalue weighted by molar-refractivity contribution is -0.138. The van der Waals surface area contributed by atoms with Gasteiger partial charge in [0, 0.05) is 26.7 Å². The van der Waals surface area contributed by atoms with Crippen LogP contribution in [0.15, 0.2) is 0 Å². The van der Waals surface area contributed by atoms with Crippen LogP contribution in [0.4, 0.5) is 4.79 Å². The second-order valence-electron chi connectivity index (χ2n) is 4.64. The van der Waals surface area contributed by atoms with E-state index in [-0.39, 0.29) is 12.3 Å². The quantitative estimate of drug-likeness (QED) is 0.731. The molecule has 3 amide bonds. The molecule has 2 N–H and O–H groups in total. The lowest BCUT2D eigenvalue weighted by Crippen LogP contribution is -2.52. The van der Waals surface area contributed by atoms with Gasteiger partial charge in [0.2, 0.25) is 5.91 Å². The third-order valence-corrected chi connectivity index (χ3v) is 2.75. The molecule has 0 radical (unpaired) electrons. The predicted molar refractivity (Wildman–Crippen MR) is 70.8 cm³/mol. The summed E-state index contributed by atoms with van der Waals surface area (Å²) in [5.41, 5.74) is 0. The van der Waals surface area contributed by atoms with Crippen molar-refractivity contribution in [3.63, 3.8) is 0 Å². The van der Waals surface area contributed by atoms with Crippen molar-refractivity contribution >= 4 is 17.9 Å². The Morgan fingerprint density at radius 1 is 1.21 bits per heavy atom. The van der Waals surface area contributed by atoms with E-state index in [4.69, 9.17) is 5.11 Å². The van der Waals surface area contributed by atoms with Crippen LogP contribution in [0.25, 0.3) is 0 Å². The van der Waals surface area contributed by atoms with Crippen molar-refractivity contribution in [2.45, 2.75) is 39.3 Å². The van der Waals surface area contributed by atoms with Crippen LogP contribution in [0.2, 0.25) is 0 Å². The van der Waals surface area contributed by atoms with Gasteiger partial charge in [-0.2, -0.15) is 0 Å². The van der Waals surface area contributed by atoms with Crippen LogP contribution in [0.1, 0.15) is 27.2 Å². The van der Waals surface area contributed by atoms with Gasteiger partial charge in [0.1, 0.15) is 6.04 Å². The van der Waals surface area contributed by atoms with Gasteiger partial charge in [-0.25, -0.2) is 4.79 Å². The third kappa shape index (κ3) is 5.58. The zero-order valence-electron chi connectivity index (χ0n) is 12.1. The zero-order valence-corrected chi connectivity index (χ0v) is 12.1. The first-order chi connectivity index (χ1) is 8.70. The Hall–Kier alpha value is -1.79. The number of aliphatic carboxylic acids is 1. The molecule has 19 heavy (non-hydrogen) atoms. The summed E-state index contributed by atoms with van der Waals surface area (Å²) in [4.78, 5) is 37.1. The number of urea groups is 1. The fourth-order valence-electron chi connectivity index (χ4n) is 1.74. The number of carboxylic acid groups (broad SMARTS) is 1. The van der Waals surface area contributed by atoms with E-state index in [0.29, 0.717) is 6.54 Å². The summed E-state index contributed by atoms with van der Waals surface area (Å²) in [5.74, 6) is -1.17. The number of hydrogen-bond donors (Lipinski definition) is 2. The number of nitrogens with zero attached hydrogens (tertiary/aromatic N) is 2. The van der Waals surface area contributed by atoms with Crippen molar-refractivity contribution in [3.05, 3.63) is 0 Å². The summed E-state index contributed by atoms with van der Waals surface area (Å²) in [6.45, 7) is 5.39. The van der Waals surface area contributed by atoms with Crippen molar-refractivity contribution in [1.82, 2.24) is 15.1 Å². The molecule has 0 aliphatic carbocycles. The minimum Gasteiger partial charge on any atom is -0.481 e. The van der Waals surface area contributed by atoms with Crippen LogP contribution in [-0.2, 0) is 9.59 Å². The van der Waals surface area contributed by atoms with Crippen LogP contribution < -0.4 is 5.32 Å². The van der Waals surface area contributed by atoms with E-state index in [1.165, 1.54) is 9.80 Å². The molecule has 0 aliphatic heterocycles. The summed E-state index contributed by atoms with van der Waals surface area (Å²) in [6.07, 6.45) is -0.128. The van der Waals surface area contributed by atoms with Crippen LogP contribution >= 0.6 is 0 Å². The van der Waals surface area contributed by atoms with Crippen LogP contribution in [-0.4, -0.2) is 65.5 Å². The Morgan fingerprint density at radius 3 is 2.11 bits per heavy atom. The van der Waals surface area contributed by atoms with E-state index in [1.54, 1.807) is 34.9 Å². The number of carboxylic acids is 1. The van der Waals surface area contributed by atoms with E-state index in [1.807, 2.05) is 0 Å². The van der Waals surface area contributed by atoms with Crippen molar-refractivity contribution in [2.75, 3.05) is 20.6 Å². The molecule has 0 bridgehead atoms. The molecule has 0 rings (SSSR count). The van der Waals surface area contributed by atoms with Crippen LogP contribution in [0.3, 0.4) is 0 Å². The van der Waals surface area contributed by atoms with Gasteiger partial charge < -0.3 is 20.2 Å². The molecule has 7 heteroatoms. The lowest BCUT2D eigenvalue weighted by atomic mass is 10.2. The Morgan fingerprint density at radius 2 is 1.74 bits per heavy atom. The average molecular weight is 273 g/mol. The normalized spacial score (nSPS) is 13.3. The first-order valence-corrected chi connectivity index (χ1v) is 6.20. The summed E-state index contributed by atoms with van der Waals surface area (Å²) in [5, 5.41) is 11.3. The molecule has 110 valence electrons. The second-order valence-corrected chi connectivity index (χ2v) is 4.64. The number of rotatable bonds is 6. The minimum absolute atomic E-state index is 0.128. The number of nitrogens with one attached hydrogen (secondary N) is 1. The highest BCUT2D eigenvalue weighted by Crippen LogP contribution is 2.05. The van der Waals surface area contributed by atoms with E-state index >= 15 is 0 Å². The first-order valence-electron chi connectivity index (χ1n) is 6.20. The molecule has 0 saturated carbocycles. The molecular formula is C12H23N3O4. The van der Waals surface area contributed by atoms with E-state index < -0.39 is 24.1 Å². The molecule has 0 aliphatic rings. The molecule has 0 aromatic rings. The van der Waals surface area contributed by atoms with Crippen molar-refractivity contribution in [1.29, 1.82) is 0 Å². The Balaban J connectivity index is 4.60. The summed E-state index contributed by atoms with van der Waals surface area (Å²) in [6, 6.07) is -1.50.